The van der Waals surface area contributed by atoms with Gasteiger partial charge in [-0.15, -0.1) is 0 Å². The van der Waals surface area contributed by atoms with Crippen LogP contribution in [0.25, 0.3) is 0 Å². The van der Waals surface area contributed by atoms with Gasteiger partial charge in [-0.25, -0.2) is 0 Å². The Morgan fingerprint density at radius 3 is 1.38 bits per heavy atom. The number of likely N-dealkylation sites (tertiary alicyclic amines) is 1. The number of ether oxygens (including phenoxy) is 3. The smallest absolute Gasteiger partial charge is 0.0825 e. The molecule has 3 aliphatic carbocycles. The lowest BCUT2D eigenvalue weighted by molar-refractivity contribution is -0.0702. The molecule has 0 bridgehead atoms. The summed E-state index contributed by atoms with van der Waals surface area (Å²) in [6, 6.07) is 2.12. The third kappa shape index (κ3) is 17.6. The van der Waals surface area contributed by atoms with Gasteiger partial charge in [0.2, 0.25) is 0 Å². The van der Waals surface area contributed by atoms with E-state index in [9.17, 15) is 0 Å². The van der Waals surface area contributed by atoms with E-state index in [1.807, 2.05) is 0 Å². The van der Waals surface area contributed by atoms with Gasteiger partial charge in [-0.2, -0.15) is 0 Å². The van der Waals surface area contributed by atoms with Crippen molar-refractivity contribution in [3.63, 3.8) is 0 Å². The number of nitrogens with one attached hydrogen (secondary N) is 3. The second-order valence-electron chi connectivity index (χ2n) is 16.6. The number of rotatable bonds is 7. The highest BCUT2D eigenvalue weighted by Gasteiger charge is 2.40. The molecule has 0 aromatic heterocycles. The lowest BCUT2D eigenvalue weighted by Gasteiger charge is -2.46. The van der Waals surface area contributed by atoms with Crippen LogP contribution in [0.15, 0.2) is 0 Å². The van der Waals surface area contributed by atoms with Crippen LogP contribution in [-0.2, 0) is 14.2 Å². The lowest BCUT2D eigenvalue weighted by Crippen LogP contribution is -2.59. The molecular weight excluding hydrogens is 500 g/mol. The lowest BCUT2D eigenvalue weighted by atomic mass is 9.99. The molecule has 0 amide bonds. The summed E-state index contributed by atoms with van der Waals surface area (Å²) >= 11 is 0. The van der Waals surface area contributed by atoms with Crippen LogP contribution in [0.1, 0.15) is 109 Å². The summed E-state index contributed by atoms with van der Waals surface area (Å²) in [4.78, 5) is 2.42. The Morgan fingerprint density at radius 2 is 1.07 bits per heavy atom. The van der Waals surface area contributed by atoms with Crippen molar-refractivity contribution in [3.05, 3.63) is 0 Å². The van der Waals surface area contributed by atoms with Crippen LogP contribution in [0.5, 0.6) is 0 Å². The Labute approximate surface area is 249 Å². The van der Waals surface area contributed by atoms with Crippen molar-refractivity contribution in [2.45, 2.75) is 162 Å². The van der Waals surface area contributed by atoms with Gasteiger partial charge in [0.15, 0.2) is 0 Å². The quantitative estimate of drug-likeness (QED) is 0.375. The SMILES string of the molecule is CC1CC1NC(C)(C)C.COC1CC1NC(C)(C)C.COC1CN(C(C)(C)C)C1.COCC1CC1NC(C)(C)C. The zero-order chi connectivity index (χ0) is 31.1. The Morgan fingerprint density at radius 1 is 0.625 bits per heavy atom. The third-order valence-corrected chi connectivity index (χ3v) is 7.43. The first-order valence-electron chi connectivity index (χ1n) is 15.7. The molecule has 7 nitrogen and oxygen atoms in total. The van der Waals surface area contributed by atoms with Crippen molar-refractivity contribution in [2.75, 3.05) is 41.0 Å². The number of hydrogen-bond donors (Lipinski definition) is 3. The average Bonchev–Trinajstić information content (AvgIpc) is 3.65. The molecule has 4 fully saturated rings. The van der Waals surface area contributed by atoms with Gasteiger partial charge in [0.05, 0.1) is 18.8 Å². The summed E-state index contributed by atoms with van der Waals surface area (Å²) in [6.45, 7) is 31.9. The molecule has 0 spiro atoms. The monoisotopic (exact) mass is 571 g/mol. The summed E-state index contributed by atoms with van der Waals surface area (Å²) in [5.74, 6) is 1.68. The average molecular weight is 571 g/mol. The van der Waals surface area contributed by atoms with Crippen LogP contribution in [0.4, 0.5) is 0 Å². The third-order valence-electron chi connectivity index (χ3n) is 7.43. The van der Waals surface area contributed by atoms with E-state index < -0.39 is 0 Å². The summed E-state index contributed by atoms with van der Waals surface area (Å²) in [5.41, 5.74) is 1.13. The fourth-order valence-electron chi connectivity index (χ4n) is 4.73. The maximum Gasteiger partial charge on any atom is 0.0825 e. The van der Waals surface area contributed by atoms with Gasteiger partial charge < -0.3 is 30.2 Å². The number of nitrogens with zero attached hydrogens (tertiary/aromatic N) is 1. The van der Waals surface area contributed by atoms with E-state index in [0.29, 0.717) is 35.4 Å². The van der Waals surface area contributed by atoms with Crippen molar-refractivity contribution >= 4 is 0 Å². The Hall–Kier alpha value is -0.280. The van der Waals surface area contributed by atoms with Gasteiger partial charge in [-0.3, -0.25) is 4.90 Å². The van der Waals surface area contributed by atoms with E-state index in [-0.39, 0.29) is 11.1 Å². The van der Waals surface area contributed by atoms with E-state index in [0.717, 1.165) is 37.6 Å². The predicted octanol–water partition coefficient (Wildman–Crippen LogP) is 5.47. The van der Waals surface area contributed by atoms with Crippen LogP contribution < -0.4 is 16.0 Å². The maximum atomic E-state index is 5.17. The molecule has 240 valence electrons. The van der Waals surface area contributed by atoms with Crippen molar-refractivity contribution in [3.8, 4) is 0 Å². The summed E-state index contributed by atoms with van der Waals surface area (Å²) < 4.78 is 15.4. The molecule has 4 rings (SSSR count). The molecule has 40 heavy (non-hydrogen) atoms. The molecule has 1 saturated heterocycles. The summed E-state index contributed by atoms with van der Waals surface area (Å²) in [7, 11) is 5.33. The van der Waals surface area contributed by atoms with Crippen molar-refractivity contribution in [1.29, 1.82) is 0 Å². The summed E-state index contributed by atoms with van der Waals surface area (Å²) in [5, 5.41) is 10.6. The fraction of sp³-hybridized carbons (Fsp3) is 1.00. The van der Waals surface area contributed by atoms with Gasteiger partial charge in [-0.1, -0.05) is 6.92 Å². The van der Waals surface area contributed by atoms with Gasteiger partial charge in [0.25, 0.3) is 0 Å². The maximum absolute atomic E-state index is 5.17. The Balaban J connectivity index is 0.000000267. The Bertz CT molecular complexity index is 696. The highest BCUT2D eigenvalue weighted by atomic mass is 16.5. The standard InChI is InChI=1S/C9H19NO.2C8H17NO.C8H17N/c1-9(2,3)10-8-5-7(8)6-11-4;1-8(2,3)9-5-7(6-9)10-4;1-8(2,3)9-6-5-7(6)10-4;1-6-5-7(6)9-8(2,3)4/h7-8,10H,5-6H2,1-4H3;7H,5-6H2,1-4H3;6-7,9H,5H2,1-4H3;6-7,9H,5H2,1-4H3. The van der Waals surface area contributed by atoms with Crippen molar-refractivity contribution in [2.24, 2.45) is 11.8 Å². The minimum Gasteiger partial charge on any atom is -0.384 e. The van der Waals surface area contributed by atoms with E-state index >= 15 is 0 Å². The predicted molar refractivity (Wildman–Crippen MR) is 171 cm³/mol. The van der Waals surface area contributed by atoms with Crippen LogP contribution in [-0.4, -0.2) is 98.4 Å². The first kappa shape index (κ1) is 37.7. The van der Waals surface area contributed by atoms with E-state index in [2.05, 4.69) is 111 Å². The highest BCUT2D eigenvalue weighted by Crippen LogP contribution is 2.32. The largest absolute Gasteiger partial charge is 0.384 e. The van der Waals surface area contributed by atoms with Gasteiger partial charge in [0, 0.05) is 74.7 Å². The normalized spacial score (nSPS) is 30.0. The molecule has 6 atom stereocenters. The zero-order valence-corrected chi connectivity index (χ0v) is 29.5. The van der Waals surface area contributed by atoms with Crippen molar-refractivity contribution < 1.29 is 14.2 Å². The second-order valence-corrected chi connectivity index (χ2v) is 16.6. The van der Waals surface area contributed by atoms with E-state index in [1.54, 1.807) is 21.3 Å². The highest BCUT2D eigenvalue weighted by molar-refractivity contribution is 4.98. The first-order chi connectivity index (χ1) is 18.1. The zero-order valence-electron chi connectivity index (χ0n) is 29.5. The van der Waals surface area contributed by atoms with E-state index in [1.165, 1.54) is 19.3 Å². The molecule has 1 heterocycles. The van der Waals surface area contributed by atoms with Gasteiger partial charge in [-0.05, 0) is 114 Å². The molecule has 0 radical (unpaired) electrons. The number of methoxy groups -OCH3 is 3. The van der Waals surface area contributed by atoms with Crippen LogP contribution in [0, 0.1) is 11.8 Å². The molecular formula is C33H70N4O3. The first-order valence-corrected chi connectivity index (χ1v) is 15.7. The topological polar surface area (TPSA) is 67.0 Å². The number of hydrogen-bond acceptors (Lipinski definition) is 7. The Kier molecular flexibility index (Phi) is 14.6. The minimum atomic E-state index is 0.234. The molecule has 1 aliphatic heterocycles. The fourth-order valence-corrected chi connectivity index (χ4v) is 4.73. The van der Waals surface area contributed by atoms with Gasteiger partial charge in [0.1, 0.15) is 0 Å². The molecule has 7 heteroatoms. The van der Waals surface area contributed by atoms with Crippen LogP contribution in [0.3, 0.4) is 0 Å². The van der Waals surface area contributed by atoms with Crippen LogP contribution in [0.2, 0.25) is 0 Å². The van der Waals surface area contributed by atoms with Crippen molar-refractivity contribution in [1.82, 2.24) is 20.9 Å². The molecule has 4 aliphatic rings. The molecule has 3 N–H and O–H groups in total. The minimum absolute atomic E-state index is 0.234. The summed E-state index contributed by atoms with van der Waals surface area (Å²) in [6.07, 6.45) is 4.79. The molecule has 0 aromatic carbocycles. The van der Waals surface area contributed by atoms with Gasteiger partial charge >= 0.3 is 0 Å². The molecule has 6 unspecified atom stereocenters. The molecule has 3 saturated carbocycles. The molecule has 0 aromatic rings. The van der Waals surface area contributed by atoms with Crippen LogP contribution >= 0.6 is 0 Å². The second kappa shape index (κ2) is 15.4. The van der Waals surface area contributed by atoms with E-state index in [4.69, 9.17) is 14.2 Å².